The van der Waals surface area contributed by atoms with Crippen LogP contribution in [0.3, 0.4) is 0 Å². The standard InChI is InChI=1S/C19H20BrN3OS/c1-11-9-17(12(2)8-14(11)20)25-10-18(24)21-13(3)19-22-15-6-4-5-7-16(15)23-19/h4-9,13H,10H2,1-3H3,(H,21,24)(H,22,23). The van der Waals surface area contributed by atoms with Gasteiger partial charge in [0.1, 0.15) is 5.82 Å². The lowest BCUT2D eigenvalue weighted by atomic mass is 10.2. The quantitative estimate of drug-likeness (QED) is 0.579. The summed E-state index contributed by atoms with van der Waals surface area (Å²) in [5.74, 6) is 1.15. The van der Waals surface area contributed by atoms with Crippen LogP contribution < -0.4 is 5.32 Å². The molecule has 6 heteroatoms. The van der Waals surface area contributed by atoms with Crippen molar-refractivity contribution in [1.82, 2.24) is 15.3 Å². The highest BCUT2D eigenvalue weighted by atomic mass is 79.9. The van der Waals surface area contributed by atoms with Gasteiger partial charge in [0.05, 0.1) is 22.8 Å². The Morgan fingerprint density at radius 2 is 2.04 bits per heavy atom. The van der Waals surface area contributed by atoms with E-state index in [-0.39, 0.29) is 11.9 Å². The molecule has 3 aromatic rings. The molecule has 0 saturated carbocycles. The third kappa shape index (κ3) is 4.25. The van der Waals surface area contributed by atoms with Gasteiger partial charge >= 0.3 is 0 Å². The number of carbonyl (C=O) groups is 1. The zero-order valence-corrected chi connectivity index (χ0v) is 16.8. The normalized spacial score (nSPS) is 12.3. The van der Waals surface area contributed by atoms with E-state index in [1.165, 1.54) is 11.1 Å². The number of para-hydroxylation sites is 2. The zero-order chi connectivity index (χ0) is 18.0. The van der Waals surface area contributed by atoms with Crippen LogP contribution in [-0.4, -0.2) is 21.6 Å². The summed E-state index contributed by atoms with van der Waals surface area (Å²) < 4.78 is 1.09. The number of aryl methyl sites for hydroxylation is 2. The highest BCUT2D eigenvalue weighted by Gasteiger charge is 2.14. The van der Waals surface area contributed by atoms with Gasteiger partial charge in [0.15, 0.2) is 0 Å². The molecule has 1 atom stereocenters. The molecule has 130 valence electrons. The number of nitrogens with zero attached hydrogens (tertiary/aromatic N) is 1. The number of nitrogens with one attached hydrogen (secondary N) is 2. The number of benzene rings is 2. The topological polar surface area (TPSA) is 57.8 Å². The second kappa shape index (κ2) is 7.62. The summed E-state index contributed by atoms with van der Waals surface area (Å²) in [7, 11) is 0. The van der Waals surface area contributed by atoms with Crippen LogP contribution >= 0.6 is 27.7 Å². The van der Waals surface area contributed by atoms with Crippen LogP contribution in [0.4, 0.5) is 0 Å². The molecule has 0 bridgehead atoms. The number of fused-ring (bicyclic) bond motifs is 1. The van der Waals surface area contributed by atoms with E-state index in [0.29, 0.717) is 5.75 Å². The number of halogens is 1. The van der Waals surface area contributed by atoms with Crippen molar-refractivity contribution in [2.75, 3.05) is 5.75 Å². The van der Waals surface area contributed by atoms with Crippen LogP contribution in [0.15, 0.2) is 45.8 Å². The molecule has 2 aromatic carbocycles. The molecule has 0 aliphatic rings. The number of thioether (sulfide) groups is 1. The van der Waals surface area contributed by atoms with Gasteiger partial charge in [-0.25, -0.2) is 4.98 Å². The van der Waals surface area contributed by atoms with E-state index in [9.17, 15) is 4.79 Å². The first kappa shape index (κ1) is 18.0. The largest absolute Gasteiger partial charge is 0.346 e. The molecule has 0 saturated heterocycles. The number of amides is 1. The number of H-pyrrole nitrogens is 1. The van der Waals surface area contributed by atoms with Gasteiger partial charge in [0.25, 0.3) is 0 Å². The molecular weight excluding hydrogens is 398 g/mol. The molecule has 0 spiro atoms. The Labute approximate surface area is 159 Å². The van der Waals surface area contributed by atoms with Crippen LogP contribution in [0.5, 0.6) is 0 Å². The summed E-state index contributed by atoms with van der Waals surface area (Å²) in [5, 5.41) is 3.01. The predicted octanol–water partition coefficient (Wildman–Crippen LogP) is 4.91. The maximum atomic E-state index is 12.3. The minimum Gasteiger partial charge on any atom is -0.346 e. The Morgan fingerprint density at radius 3 is 2.80 bits per heavy atom. The number of carbonyl (C=O) groups excluding carboxylic acids is 1. The van der Waals surface area contributed by atoms with Crippen molar-refractivity contribution in [2.45, 2.75) is 31.7 Å². The Balaban J connectivity index is 1.61. The lowest BCUT2D eigenvalue weighted by Crippen LogP contribution is -2.28. The van der Waals surface area contributed by atoms with Crippen LogP contribution in [0, 0.1) is 13.8 Å². The van der Waals surface area contributed by atoms with Gasteiger partial charge in [-0.2, -0.15) is 0 Å². The Morgan fingerprint density at radius 1 is 1.28 bits per heavy atom. The second-order valence-corrected chi connectivity index (χ2v) is 7.96. The third-order valence-corrected chi connectivity index (χ3v) is 6.02. The SMILES string of the molecule is Cc1cc(SCC(=O)NC(C)c2nc3ccccc3[nH]2)c(C)cc1Br. The van der Waals surface area contributed by atoms with Gasteiger partial charge in [0.2, 0.25) is 5.91 Å². The van der Waals surface area contributed by atoms with Gasteiger partial charge < -0.3 is 10.3 Å². The molecular formula is C19H20BrN3OS. The smallest absolute Gasteiger partial charge is 0.230 e. The van der Waals surface area contributed by atoms with Crippen LogP contribution in [0.1, 0.15) is 29.9 Å². The fourth-order valence-electron chi connectivity index (χ4n) is 2.58. The van der Waals surface area contributed by atoms with E-state index in [2.05, 4.69) is 57.2 Å². The van der Waals surface area contributed by atoms with Gasteiger partial charge in [-0.05, 0) is 56.2 Å². The minimum absolute atomic E-state index is 0.00192. The molecule has 1 aromatic heterocycles. The molecule has 0 fully saturated rings. The predicted molar refractivity (Wildman–Crippen MR) is 107 cm³/mol. The lowest BCUT2D eigenvalue weighted by molar-refractivity contribution is -0.119. The number of hydrogen-bond donors (Lipinski definition) is 2. The van der Waals surface area contributed by atoms with Gasteiger partial charge in [0, 0.05) is 9.37 Å². The van der Waals surface area contributed by atoms with Crippen LogP contribution in [0.25, 0.3) is 11.0 Å². The number of hydrogen-bond acceptors (Lipinski definition) is 3. The summed E-state index contributed by atoms with van der Waals surface area (Å²) >= 11 is 5.09. The molecule has 0 radical (unpaired) electrons. The van der Waals surface area contributed by atoms with Gasteiger partial charge in [-0.15, -0.1) is 11.8 Å². The van der Waals surface area contributed by atoms with Crippen molar-refractivity contribution < 1.29 is 4.79 Å². The number of aromatic amines is 1. The highest BCUT2D eigenvalue weighted by molar-refractivity contribution is 9.10. The zero-order valence-electron chi connectivity index (χ0n) is 14.4. The monoisotopic (exact) mass is 417 g/mol. The van der Waals surface area contributed by atoms with Crippen molar-refractivity contribution in [1.29, 1.82) is 0 Å². The fourth-order valence-corrected chi connectivity index (χ4v) is 3.96. The van der Waals surface area contributed by atoms with Crippen LogP contribution in [-0.2, 0) is 4.79 Å². The molecule has 4 nitrogen and oxygen atoms in total. The van der Waals surface area contributed by atoms with E-state index in [1.807, 2.05) is 31.2 Å². The van der Waals surface area contributed by atoms with Crippen molar-refractivity contribution >= 4 is 44.6 Å². The number of imidazole rings is 1. The maximum absolute atomic E-state index is 12.3. The molecule has 25 heavy (non-hydrogen) atoms. The van der Waals surface area contributed by atoms with E-state index in [0.717, 1.165) is 26.2 Å². The second-order valence-electron chi connectivity index (χ2n) is 6.08. The maximum Gasteiger partial charge on any atom is 0.230 e. The molecule has 0 aliphatic heterocycles. The average molecular weight is 418 g/mol. The van der Waals surface area contributed by atoms with Gasteiger partial charge in [-0.1, -0.05) is 28.1 Å². The summed E-state index contributed by atoms with van der Waals surface area (Å²) in [5.41, 5.74) is 4.23. The van der Waals surface area contributed by atoms with Crippen LogP contribution in [0.2, 0.25) is 0 Å². The molecule has 1 amide bonds. The fraction of sp³-hybridized carbons (Fsp3) is 0.263. The summed E-state index contributed by atoms with van der Waals surface area (Å²) in [6.07, 6.45) is 0. The van der Waals surface area contributed by atoms with E-state index in [4.69, 9.17) is 0 Å². The first-order chi connectivity index (χ1) is 11.9. The first-order valence-corrected chi connectivity index (χ1v) is 9.85. The van der Waals surface area contributed by atoms with Crippen molar-refractivity contribution in [3.8, 4) is 0 Å². The number of rotatable bonds is 5. The summed E-state index contributed by atoms with van der Waals surface area (Å²) in [4.78, 5) is 21.2. The van der Waals surface area contributed by atoms with E-state index >= 15 is 0 Å². The van der Waals surface area contributed by atoms with Crippen molar-refractivity contribution in [2.24, 2.45) is 0 Å². The molecule has 0 aliphatic carbocycles. The van der Waals surface area contributed by atoms with E-state index < -0.39 is 0 Å². The van der Waals surface area contributed by atoms with Crippen molar-refractivity contribution in [3.05, 3.63) is 57.8 Å². The molecule has 3 rings (SSSR count). The average Bonchev–Trinajstić information content (AvgIpc) is 3.01. The summed E-state index contributed by atoms with van der Waals surface area (Å²) in [6, 6.07) is 11.9. The third-order valence-electron chi connectivity index (χ3n) is 4.01. The first-order valence-electron chi connectivity index (χ1n) is 8.07. The summed E-state index contributed by atoms with van der Waals surface area (Å²) in [6.45, 7) is 6.05. The van der Waals surface area contributed by atoms with Gasteiger partial charge in [-0.3, -0.25) is 4.79 Å². The minimum atomic E-state index is -0.159. The molecule has 1 unspecified atom stereocenters. The Kier molecular flexibility index (Phi) is 5.49. The Hall–Kier alpha value is -1.79. The lowest BCUT2D eigenvalue weighted by Gasteiger charge is -2.12. The Bertz CT molecular complexity index is 889. The molecule has 1 heterocycles. The van der Waals surface area contributed by atoms with E-state index in [1.54, 1.807) is 11.8 Å². The number of aromatic nitrogens is 2. The molecule has 2 N–H and O–H groups in total. The highest BCUT2D eigenvalue weighted by Crippen LogP contribution is 2.28. The van der Waals surface area contributed by atoms with Crippen molar-refractivity contribution in [3.63, 3.8) is 0 Å².